The van der Waals surface area contributed by atoms with Crippen LogP contribution in [-0.4, -0.2) is 76.9 Å². The zero-order valence-corrected chi connectivity index (χ0v) is 23.5. The number of carbonyl (C=O) groups is 1. The van der Waals surface area contributed by atoms with E-state index in [9.17, 15) is 4.79 Å². The standard InChI is InChI=1S/C30H33N9O2/c1-6-29(40)33-23-17-24(27(41-5)18-26(23)38(4)16-15-37(2)3)34-30-31-13-12-28(35-30)39-19-21(22-11-14-32-36-22)20-9-7-8-10-25(20)39/h6-14,17-19H,1,15-16H2,2-5H3,(H,32,36)(H,33,40)(H,31,34,35). The van der Waals surface area contributed by atoms with Crippen molar-refractivity contribution in [1.82, 2.24) is 29.6 Å². The van der Waals surface area contributed by atoms with Gasteiger partial charge in [0, 0.05) is 55.7 Å². The zero-order chi connectivity index (χ0) is 28.9. The van der Waals surface area contributed by atoms with Crippen molar-refractivity contribution >= 4 is 39.8 Å². The fourth-order valence-electron chi connectivity index (χ4n) is 4.55. The highest BCUT2D eigenvalue weighted by atomic mass is 16.5. The number of hydrogen-bond acceptors (Lipinski definition) is 8. The van der Waals surface area contributed by atoms with E-state index in [4.69, 9.17) is 9.72 Å². The summed E-state index contributed by atoms with van der Waals surface area (Å²) in [4.78, 5) is 25.7. The molecule has 210 valence electrons. The molecule has 0 radical (unpaired) electrons. The van der Waals surface area contributed by atoms with Gasteiger partial charge in [-0.25, -0.2) is 4.98 Å². The molecule has 0 aliphatic rings. The number of para-hydroxylation sites is 1. The van der Waals surface area contributed by atoms with Gasteiger partial charge in [-0.3, -0.25) is 9.89 Å². The van der Waals surface area contributed by atoms with Crippen LogP contribution in [0.15, 0.2) is 79.8 Å². The number of nitrogens with zero attached hydrogens (tertiary/aromatic N) is 6. The lowest BCUT2D eigenvalue weighted by atomic mass is 10.1. The number of methoxy groups -OCH3 is 1. The number of fused-ring (bicyclic) bond motifs is 1. The summed E-state index contributed by atoms with van der Waals surface area (Å²) in [5, 5.41) is 14.5. The molecule has 0 saturated heterocycles. The molecular formula is C30H33N9O2. The Morgan fingerprint density at radius 1 is 1.12 bits per heavy atom. The molecule has 0 fully saturated rings. The Balaban J connectivity index is 1.52. The van der Waals surface area contributed by atoms with Gasteiger partial charge in [-0.15, -0.1) is 0 Å². The molecule has 0 aliphatic carbocycles. The Morgan fingerprint density at radius 3 is 2.68 bits per heavy atom. The fraction of sp³-hybridized carbons (Fsp3) is 0.200. The minimum absolute atomic E-state index is 0.311. The van der Waals surface area contributed by atoms with Crippen LogP contribution < -0.4 is 20.3 Å². The lowest BCUT2D eigenvalue weighted by Crippen LogP contribution is -2.29. The van der Waals surface area contributed by atoms with Crippen molar-refractivity contribution in [3.05, 3.63) is 79.8 Å². The van der Waals surface area contributed by atoms with Gasteiger partial charge in [-0.05, 0) is 44.4 Å². The number of aromatic amines is 1. The zero-order valence-electron chi connectivity index (χ0n) is 23.5. The van der Waals surface area contributed by atoms with Crippen molar-refractivity contribution in [2.75, 3.05) is 56.9 Å². The van der Waals surface area contributed by atoms with E-state index in [-0.39, 0.29) is 5.91 Å². The van der Waals surface area contributed by atoms with Gasteiger partial charge in [0.05, 0.1) is 35.4 Å². The van der Waals surface area contributed by atoms with Crippen LogP contribution in [-0.2, 0) is 4.79 Å². The molecule has 2 aromatic carbocycles. The monoisotopic (exact) mass is 551 g/mol. The van der Waals surface area contributed by atoms with Crippen LogP contribution in [0.25, 0.3) is 28.0 Å². The summed E-state index contributed by atoms with van der Waals surface area (Å²) in [5.74, 6) is 1.32. The average molecular weight is 552 g/mol. The number of ether oxygens (including phenoxy) is 1. The first-order valence-corrected chi connectivity index (χ1v) is 13.1. The number of hydrogen-bond donors (Lipinski definition) is 3. The van der Waals surface area contributed by atoms with Crippen LogP contribution >= 0.6 is 0 Å². The highest BCUT2D eigenvalue weighted by Crippen LogP contribution is 2.38. The van der Waals surface area contributed by atoms with Crippen LogP contribution in [0.2, 0.25) is 0 Å². The maximum absolute atomic E-state index is 12.3. The summed E-state index contributed by atoms with van der Waals surface area (Å²) >= 11 is 0. The third kappa shape index (κ3) is 5.89. The van der Waals surface area contributed by atoms with Gasteiger partial charge in [-0.1, -0.05) is 24.8 Å². The van der Waals surface area contributed by atoms with Crippen LogP contribution in [0.4, 0.5) is 23.0 Å². The molecule has 11 nitrogen and oxygen atoms in total. The summed E-state index contributed by atoms with van der Waals surface area (Å²) in [5.41, 5.74) is 4.85. The molecule has 0 atom stereocenters. The summed E-state index contributed by atoms with van der Waals surface area (Å²) in [6.45, 7) is 5.18. The first-order chi connectivity index (χ1) is 19.9. The minimum atomic E-state index is -0.311. The maximum Gasteiger partial charge on any atom is 0.247 e. The minimum Gasteiger partial charge on any atom is -0.494 e. The predicted octanol–water partition coefficient (Wildman–Crippen LogP) is 4.69. The maximum atomic E-state index is 12.3. The summed E-state index contributed by atoms with van der Waals surface area (Å²) in [6.07, 6.45) is 6.77. The molecule has 5 rings (SSSR count). The Morgan fingerprint density at radius 2 is 1.95 bits per heavy atom. The number of rotatable bonds is 11. The molecule has 1 amide bonds. The Hall–Kier alpha value is -5.16. The first kappa shape index (κ1) is 27.4. The molecule has 3 heterocycles. The molecule has 0 bridgehead atoms. The van der Waals surface area contributed by atoms with Crippen LogP contribution in [0.5, 0.6) is 5.75 Å². The first-order valence-electron chi connectivity index (χ1n) is 13.1. The number of amides is 1. The molecule has 0 aliphatic heterocycles. The van der Waals surface area contributed by atoms with Gasteiger partial charge >= 0.3 is 0 Å². The molecule has 41 heavy (non-hydrogen) atoms. The predicted molar refractivity (Wildman–Crippen MR) is 163 cm³/mol. The highest BCUT2D eigenvalue weighted by Gasteiger charge is 2.18. The van der Waals surface area contributed by atoms with E-state index in [2.05, 4.69) is 48.3 Å². The van der Waals surface area contributed by atoms with Gasteiger partial charge in [0.25, 0.3) is 0 Å². The summed E-state index contributed by atoms with van der Waals surface area (Å²) in [6, 6.07) is 15.6. The van der Waals surface area contributed by atoms with E-state index in [1.165, 1.54) is 6.08 Å². The smallest absolute Gasteiger partial charge is 0.247 e. The highest BCUT2D eigenvalue weighted by molar-refractivity contribution is 6.02. The van der Waals surface area contributed by atoms with Gasteiger partial charge in [0.15, 0.2) is 0 Å². The van der Waals surface area contributed by atoms with Crippen molar-refractivity contribution in [3.8, 4) is 22.8 Å². The average Bonchev–Trinajstić information content (AvgIpc) is 3.64. The molecule has 5 aromatic rings. The van der Waals surface area contributed by atoms with Crippen molar-refractivity contribution in [2.45, 2.75) is 0 Å². The second-order valence-electron chi connectivity index (χ2n) is 9.74. The lowest BCUT2D eigenvalue weighted by Gasteiger charge is -2.26. The molecule has 0 saturated carbocycles. The Kier molecular flexibility index (Phi) is 7.97. The molecule has 11 heteroatoms. The van der Waals surface area contributed by atoms with E-state index >= 15 is 0 Å². The number of anilines is 4. The Bertz CT molecular complexity index is 1680. The van der Waals surface area contributed by atoms with Gasteiger partial charge in [-0.2, -0.15) is 10.1 Å². The van der Waals surface area contributed by atoms with Gasteiger partial charge < -0.3 is 29.7 Å². The van der Waals surface area contributed by atoms with Gasteiger partial charge in [0.1, 0.15) is 11.6 Å². The third-order valence-electron chi connectivity index (χ3n) is 6.68. The van der Waals surface area contributed by atoms with Crippen molar-refractivity contribution < 1.29 is 9.53 Å². The number of nitrogens with one attached hydrogen (secondary N) is 3. The third-order valence-corrected chi connectivity index (χ3v) is 6.68. The molecular weight excluding hydrogens is 518 g/mol. The van der Waals surface area contributed by atoms with Gasteiger partial charge in [0.2, 0.25) is 11.9 Å². The molecule has 3 N–H and O–H groups in total. The van der Waals surface area contributed by atoms with E-state index in [1.807, 2.05) is 74.4 Å². The van der Waals surface area contributed by atoms with Crippen molar-refractivity contribution in [1.29, 1.82) is 0 Å². The van der Waals surface area contributed by atoms with Crippen LogP contribution in [0.1, 0.15) is 0 Å². The largest absolute Gasteiger partial charge is 0.494 e. The van der Waals surface area contributed by atoms with E-state index in [0.29, 0.717) is 28.9 Å². The van der Waals surface area contributed by atoms with Crippen LogP contribution in [0.3, 0.4) is 0 Å². The lowest BCUT2D eigenvalue weighted by molar-refractivity contribution is -0.111. The normalized spacial score (nSPS) is 11.0. The summed E-state index contributed by atoms with van der Waals surface area (Å²) in [7, 11) is 7.61. The number of H-pyrrole nitrogens is 1. The molecule has 3 aromatic heterocycles. The molecule has 0 unspecified atom stereocenters. The van der Waals surface area contributed by atoms with Crippen molar-refractivity contribution in [3.63, 3.8) is 0 Å². The van der Waals surface area contributed by atoms with E-state index in [1.54, 1.807) is 19.5 Å². The number of likely N-dealkylation sites (N-methyl/N-ethyl adjacent to an activating group) is 2. The second kappa shape index (κ2) is 11.9. The molecule has 0 spiro atoms. The summed E-state index contributed by atoms with van der Waals surface area (Å²) < 4.78 is 7.75. The van der Waals surface area contributed by atoms with Crippen molar-refractivity contribution in [2.24, 2.45) is 0 Å². The number of aromatic nitrogens is 5. The Labute approximate surface area is 238 Å². The topological polar surface area (TPSA) is 116 Å². The van der Waals surface area contributed by atoms with E-state index in [0.717, 1.165) is 40.9 Å². The van der Waals surface area contributed by atoms with E-state index < -0.39 is 0 Å². The van der Waals surface area contributed by atoms with Crippen LogP contribution in [0, 0.1) is 0 Å². The number of carbonyl (C=O) groups excluding carboxylic acids is 1. The number of benzene rings is 2. The fourth-order valence-corrected chi connectivity index (χ4v) is 4.55. The SMILES string of the molecule is C=CC(=O)Nc1cc(Nc2nccc(-n3cc(-c4cc[nH]n4)c4ccccc43)n2)c(OC)cc1N(C)CCN(C)C. The second-order valence-corrected chi connectivity index (χ2v) is 9.74. The quantitative estimate of drug-likeness (QED) is 0.203.